The molecule has 2 heterocycles. The lowest BCUT2D eigenvalue weighted by molar-refractivity contribution is 0.568. The van der Waals surface area contributed by atoms with E-state index in [2.05, 4.69) is 15.8 Å². The molecule has 0 saturated carbocycles. The van der Waals surface area contributed by atoms with Gasteiger partial charge in [-0.1, -0.05) is 11.6 Å². The molecule has 3 rings (SSSR count). The molecule has 1 aromatic carbocycles. The van der Waals surface area contributed by atoms with Crippen molar-refractivity contribution >= 4 is 32.5 Å². The molecule has 27 heavy (non-hydrogen) atoms. The summed E-state index contributed by atoms with van der Waals surface area (Å²) in [7, 11) is -1.47. The van der Waals surface area contributed by atoms with E-state index in [1.54, 1.807) is 32.3 Å². The molecule has 0 aliphatic heterocycles. The zero-order valence-electron chi connectivity index (χ0n) is 15.2. The summed E-state index contributed by atoms with van der Waals surface area (Å²) in [6.45, 7) is 3.35. The van der Waals surface area contributed by atoms with E-state index in [9.17, 15) is 13.7 Å². The van der Waals surface area contributed by atoms with Gasteiger partial charge in [-0.15, -0.1) is 0 Å². The number of nitrogens with zero attached hydrogens (tertiary/aromatic N) is 3. The highest BCUT2D eigenvalue weighted by molar-refractivity contribution is 7.89. The molecule has 140 valence electrons. The van der Waals surface area contributed by atoms with Crippen LogP contribution >= 0.6 is 11.6 Å². The second-order valence-electron chi connectivity index (χ2n) is 6.31. The molecule has 6 nitrogen and oxygen atoms in total. The largest absolute Gasteiger partial charge is 0.342 e. The number of nitriles is 1. The third kappa shape index (κ3) is 3.69. The summed E-state index contributed by atoms with van der Waals surface area (Å²) in [6, 6.07) is 9.09. The van der Waals surface area contributed by atoms with Crippen LogP contribution in [-0.2, 0) is 17.1 Å². The van der Waals surface area contributed by atoms with E-state index in [1.807, 2.05) is 29.8 Å². The topological polar surface area (TPSA) is 87.8 Å². The minimum Gasteiger partial charge on any atom is -0.342 e. The number of nitrogens with one attached hydrogen (secondary N) is 1. The van der Waals surface area contributed by atoms with Gasteiger partial charge in [-0.2, -0.15) is 5.26 Å². The molecule has 0 aliphatic rings. The lowest BCUT2D eigenvalue weighted by Gasteiger charge is -2.15. The molecular formula is C19H19ClN4O2S. The molecule has 0 radical (unpaired) electrons. The Balaban J connectivity index is 2.13. The van der Waals surface area contributed by atoms with Crippen LogP contribution in [0.1, 0.15) is 31.0 Å². The van der Waals surface area contributed by atoms with Crippen LogP contribution in [0.4, 0.5) is 0 Å². The third-order valence-electron chi connectivity index (χ3n) is 4.54. The highest BCUT2D eigenvalue weighted by Gasteiger charge is 2.19. The predicted molar refractivity (Wildman–Crippen MR) is 107 cm³/mol. The molecule has 1 N–H and O–H groups in total. The van der Waals surface area contributed by atoms with Crippen LogP contribution in [-0.4, -0.2) is 23.7 Å². The fraction of sp³-hybridized carbons (Fsp3) is 0.263. The molecule has 1 unspecified atom stereocenters. The van der Waals surface area contributed by atoms with E-state index < -0.39 is 16.1 Å². The summed E-state index contributed by atoms with van der Waals surface area (Å²) in [4.78, 5) is 4.26. The molecule has 2 aromatic heterocycles. The van der Waals surface area contributed by atoms with Gasteiger partial charge >= 0.3 is 0 Å². The number of sulfonamides is 1. The molecule has 0 fully saturated rings. The number of halogens is 1. The van der Waals surface area contributed by atoms with Gasteiger partial charge in [-0.05, 0) is 43.7 Å². The first-order valence-electron chi connectivity index (χ1n) is 8.40. The molecule has 0 bridgehead atoms. The average molecular weight is 403 g/mol. The van der Waals surface area contributed by atoms with Crippen LogP contribution in [0.2, 0.25) is 5.02 Å². The number of benzene rings is 1. The van der Waals surface area contributed by atoms with Crippen molar-refractivity contribution in [3.8, 4) is 17.3 Å². The van der Waals surface area contributed by atoms with Crippen LogP contribution in [0, 0.1) is 11.3 Å². The van der Waals surface area contributed by atoms with Crippen molar-refractivity contribution in [1.29, 1.82) is 5.26 Å². The summed E-state index contributed by atoms with van der Waals surface area (Å²) in [5.41, 5.74) is 3.55. The molecule has 0 aliphatic carbocycles. The molecule has 1 atom stereocenters. The van der Waals surface area contributed by atoms with Crippen molar-refractivity contribution in [1.82, 2.24) is 14.3 Å². The van der Waals surface area contributed by atoms with Crippen LogP contribution in [0.25, 0.3) is 22.2 Å². The van der Waals surface area contributed by atoms with Crippen molar-refractivity contribution in [2.75, 3.05) is 5.75 Å². The Hall–Kier alpha value is -2.40. The maximum atomic E-state index is 11.9. The average Bonchev–Trinajstić information content (AvgIpc) is 2.93. The Bertz CT molecular complexity index is 1160. The third-order valence-corrected chi connectivity index (χ3v) is 6.25. The van der Waals surface area contributed by atoms with Gasteiger partial charge in [0.2, 0.25) is 10.0 Å². The van der Waals surface area contributed by atoms with Gasteiger partial charge < -0.3 is 4.57 Å². The number of aryl methyl sites for hydroxylation is 1. The lowest BCUT2D eigenvalue weighted by atomic mass is 10.0. The number of rotatable bonds is 5. The quantitative estimate of drug-likeness (QED) is 0.703. The zero-order chi connectivity index (χ0) is 19.8. The zero-order valence-corrected chi connectivity index (χ0v) is 16.8. The van der Waals surface area contributed by atoms with Gasteiger partial charge in [0, 0.05) is 41.5 Å². The van der Waals surface area contributed by atoms with E-state index in [-0.39, 0.29) is 5.75 Å². The normalized spacial score (nSPS) is 12.9. The van der Waals surface area contributed by atoms with Crippen molar-refractivity contribution in [3.05, 3.63) is 52.8 Å². The van der Waals surface area contributed by atoms with Gasteiger partial charge in [-0.25, -0.2) is 13.1 Å². The minimum absolute atomic E-state index is 0.00694. The van der Waals surface area contributed by atoms with Gasteiger partial charge in [0.1, 0.15) is 6.07 Å². The Morgan fingerprint density at radius 2 is 2.07 bits per heavy atom. The summed E-state index contributed by atoms with van der Waals surface area (Å²) in [5, 5.41) is 11.1. The number of pyridine rings is 1. The first kappa shape index (κ1) is 19.4. The summed E-state index contributed by atoms with van der Waals surface area (Å²) < 4.78 is 28.2. The number of hydrogen-bond donors (Lipinski definition) is 1. The monoisotopic (exact) mass is 402 g/mol. The molecule has 0 amide bonds. The molecule has 8 heteroatoms. The smallest absolute Gasteiger partial charge is 0.211 e. The van der Waals surface area contributed by atoms with E-state index in [0.717, 1.165) is 27.7 Å². The predicted octanol–water partition coefficient (Wildman–Crippen LogP) is 3.77. The van der Waals surface area contributed by atoms with Crippen LogP contribution in [0.5, 0.6) is 0 Å². The van der Waals surface area contributed by atoms with Crippen molar-refractivity contribution in [2.45, 2.75) is 19.9 Å². The Labute approximate surface area is 163 Å². The summed E-state index contributed by atoms with van der Waals surface area (Å²) in [5.74, 6) is 0.00694. The summed E-state index contributed by atoms with van der Waals surface area (Å²) >= 11 is 6.11. The number of fused-ring (bicyclic) bond motifs is 1. The molecule has 0 spiro atoms. The van der Waals surface area contributed by atoms with Crippen molar-refractivity contribution in [3.63, 3.8) is 0 Å². The molecule has 3 aromatic rings. The lowest BCUT2D eigenvalue weighted by Crippen LogP contribution is -2.28. The fourth-order valence-electron chi connectivity index (χ4n) is 3.11. The second kappa shape index (κ2) is 7.31. The number of hydrogen-bond acceptors (Lipinski definition) is 4. The molecule has 0 saturated heterocycles. The van der Waals surface area contributed by atoms with Crippen LogP contribution in [0.15, 0.2) is 36.7 Å². The first-order valence-corrected chi connectivity index (χ1v) is 10.4. The summed E-state index contributed by atoms with van der Waals surface area (Å²) in [6.07, 6.45) is 3.29. The van der Waals surface area contributed by atoms with E-state index in [4.69, 9.17) is 11.6 Å². The van der Waals surface area contributed by atoms with Gasteiger partial charge in [0.25, 0.3) is 0 Å². The minimum atomic E-state index is -3.34. The molecular weight excluding hydrogens is 384 g/mol. The van der Waals surface area contributed by atoms with Gasteiger partial charge in [0.15, 0.2) is 0 Å². The van der Waals surface area contributed by atoms with Gasteiger partial charge in [0.05, 0.1) is 22.5 Å². The van der Waals surface area contributed by atoms with Crippen molar-refractivity contribution in [2.24, 2.45) is 7.05 Å². The number of aromatic nitrogens is 2. The van der Waals surface area contributed by atoms with E-state index in [0.29, 0.717) is 10.6 Å². The van der Waals surface area contributed by atoms with Gasteiger partial charge in [-0.3, -0.25) is 4.98 Å². The Morgan fingerprint density at radius 1 is 1.33 bits per heavy atom. The standard InChI is InChI=1S/C19H19ClN4O2S/c1-4-27(25,26)23-12(2)13-7-14(11-22-10-13)19-17(9-21)16-6-5-15(20)8-18(16)24(19)3/h5-8,10-12,23H,4H2,1-3H3. The van der Waals surface area contributed by atoms with Crippen molar-refractivity contribution < 1.29 is 8.42 Å². The first-order chi connectivity index (χ1) is 12.8. The highest BCUT2D eigenvalue weighted by Crippen LogP contribution is 2.34. The van der Waals surface area contributed by atoms with E-state index in [1.165, 1.54) is 0 Å². The maximum Gasteiger partial charge on any atom is 0.211 e. The Kier molecular flexibility index (Phi) is 5.24. The van der Waals surface area contributed by atoms with Crippen LogP contribution < -0.4 is 4.72 Å². The Morgan fingerprint density at radius 3 is 2.74 bits per heavy atom. The highest BCUT2D eigenvalue weighted by atomic mass is 35.5. The van der Waals surface area contributed by atoms with Crippen LogP contribution in [0.3, 0.4) is 0 Å². The maximum absolute atomic E-state index is 11.9. The SMILES string of the molecule is CCS(=O)(=O)NC(C)c1cncc(-c2c(C#N)c3ccc(Cl)cc3n2C)c1. The fourth-order valence-corrected chi connectivity index (χ4v) is 4.11. The second-order valence-corrected chi connectivity index (χ2v) is 8.78. The van der Waals surface area contributed by atoms with E-state index >= 15 is 0 Å².